The molecule has 0 saturated heterocycles. The molecule has 0 aliphatic heterocycles. The zero-order valence-electron chi connectivity index (χ0n) is 4.52. The molecule has 1 atom stereocenters. The van der Waals surface area contributed by atoms with E-state index in [1.54, 1.807) is 0 Å². The summed E-state index contributed by atoms with van der Waals surface area (Å²) in [5.41, 5.74) is 0.914. The first kappa shape index (κ1) is 5.85. The fraction of sp³-hybridized carbons (Fsp3) is 1.00. The van der Waals surface area contributed by atoms with Crippen LogP contribution in [-0.4, -0.2) is 12.3 Å². The first-order valence-electron chi connectivity index (χ1n) is 2.69. The van der Waals surface area contributed by atoms with E-state index in [4.69, 9.17) is 11.2 Å². The molecule has 0 aromatic rings. The summed E-state index contributed by atoms with van der Waals surface area (Å²) in [7, 11) is -0.103. The molecule has 0 heterocycles. The van der Waals surface area contributed by atoms with Crippen LogP contribution >= 0.6 is 18.5 Å². The Kier molecular flexibility index (Phi) is 1.94. The van der Waals surface area contributed by atoms with Gasteiger partial charge in [-0.1, -0.05) is 17.7 Å². The van der Waals surface area contributed by atoms with Crippen LogP contribution in [0, 0.1) is 0 Å². The van der Waals surface area contributed by atoms with E-state index in [1.807, 2.05) is 0 Å². The zero-order valence-corrected chi connectivity index (χ0v) is 6.17. The van der Waals surface area contributed by atoms with Crippen molar-refractivity contribution >= 4 is 18.5 Å². The van der Waals surface area contributed by atoms with Crippen molar-refractivity contribution in [3.05, 3.63) is 0 Å². The summed E-state index contributed by atoms with van der Waals surface area (Å²) in [5.74, 6) is 0. The molecule has 0 aromatic heterocycles. The Balaban J connectivity index is 2.14. The van der Waals surface area contributed by atoms with Gasteiger partial charge in [0.05, 0.1) is 0 Å². The van der Waals surface area contributed by atoms with Crippen molar-refractivity contribution in [2.24, 2.45) is 0 Å². The molecular weight excluding hydrogens is 126 g/mol. The van der Waals surface area contributed by atoms with Gasteiger partial charge in [0.1, 0.15) is 0 Å². The Morgan fingerprint density at radius 2 is 2.14 bits per heavy atom. The van der Waals surface area contributed by atoms with Crippen molar-refractivity contribution in [1.29, 1.82) is 0 Å². The predicted molar refractivity (Wildman–Crippen MR) is 36.3 cm³/mol. The fourth-order valence-corrected chi connectivity index (χ4v) is 2.40. The highest BCUT2D eigenvalue weighted by Crippen LogP contribution is 2.51. The van der Waals surface area contributed by atoms with Gasteiger partial charge in [0, 0.05) is 0 Å². The molecule has 0 amide bonds. The molecule has 2 heteroatoms. The number of hydrogen-bond acceptors (Lipinski definition) is 0. The van der Waals surface area contributed by atoms with Gasteiger partial charge in [-0.2, -0.15) is 0 Å². The molecule has 7 heavy (non-hydrogen) atoms. The third-order valence-electron chi connectivity index (χ3n) is 1.58. The van der Waals surface area contributed by atoms with Gasteiger partial charge in [0.15, 0.2) is 0 Å². The van der Waals surface area contributed by atoms with E-state index < -0.39 is 0 Å². The van der Waals surface area contributed by atoms with Crippen LogP contribution in [0.2, 0.25) is 0 Å². The van der Waals surface area contributed by atoms with Crippen LogP contribution in [0.3, 0.4) is 0 Å². The molecule has 1 fully saturated rings. The fourth-order valence-electron chi connectivity index (χ4n) is 0.742. The van der Waals surface area contributed by atoms with Crippen molar-refractivity contribution in [3.63, 3.8) is 0 Å². The predicted octanol–water partition coefficient (Wildman–Crippen LogP) is 2.80. The highest BCUT2D eigenvalue weighted by Gasteiger charge is 2.21. The van der Waals surface area contributed by atoms with Crippen LogP contribution in [0.25, 0.3) is 0 Å². The lowest BCUT2D eigenvalue weighted by Gasteiger charge is -2.27. The van der Waals surface area contributed by atoms with E-state index >= 15 is 0 Å². The maximum atomic E-state index is 5.84. The Morgan fingerprint density at radius 3 is 2.14 bits per heavy atom. The number of halogens is 1. The molecule has 1 aliphatic carbocycles. The first-order valence-corrected chi connectivity index (χ1v) is 5.45. The Morgan fingerprint density at radius 1 is 1.57 bits per heavy atom. The molecule has 1 unspecified atom stereocenters. The van der Waals surface area contributed by atoms with Crippen LogP contribution in [0.15, 0.2) is 0 Å². The van der Waals surface area contributed by atoms with Crippen LogP contribution in [-0.2, 0) is 0 Å². The minimum Gasteiger partial charge on any atom is -0.0964 e. The highest BCUT2D eigenvalue weighted by atomic mass is 35.7. The summed E-state index contributed by atoms with van der Waals surface area (Å²) in [6.45, 7) is 2.15. The second-order valence-electron chi connectivity index (χ2n) is 2.11. The summed E-state index contributed by atoms with van der Waals surface area (Å²) in [5, 5.41) is 0. The summed E-state index contributed by atoms with van der Waals surface area (Å²) < 4.78 is 0. The lowest BCUT2D eigenvalue weighted by Crippen LogP contribution is -2.12. The maximum absolute atomic E-state index is 5.84. The van der Waals surface area contributed by atoms with Gasteiger partial charge in [-0.15, -0.1) is 0 Å². The van der Waals surface area contributed by atoms with Crippen LogP contribution < -0.4 is 0 Å². The molecule has 1 saturated carbocycles. The summed E-state index contributed by atoms with van der Waals surface area (Å²) in [6, 6.07) is 0. The standard InChI is InChI=1S/C5H10ClP/c1-7(6)5-3-2-4-5/h5H,2-4H2,1H3. The second kappa shape index (κ2) is 2.33. The zero-order chi connectivity index (χ0) is 5.28. The second-order valence-corrected chi connectivity index (χ2v) is 5.49. The van der Waals surface area contributed by atoms with Gasteiger partial charge in [-0.05, 0) is 32.4 Å². The van der Waals surface area contributed by atoms with Gasteiger partial charge in [0.2, 0.25) is 0 Å². The van der Waals surface area contributed by atoms with Crippen molar-refractivity contribution in [2.75, 3.05) is 6.66 Å². The van der Waals surface area contributed by atoms with Crippen molar-refractivity contribution < 1.29 is 0 Å². The molecule has 0 radical (unpaired) electrons. The third-order valence-corrected chi connectivity index (χ3v) is 3.93. The Bertz CT molecular complexity index is 59.1. The molecule has 0 N–H and O–H groups in total. The number of rotatable bonds is 1. The summed E-state index contributed by atoms with van der Waals surface area (Å²) in [4.78, 5) is 0. The van der Waals surface area contributed by atoms with E-state index in [-0.39, 0.29) is 7.27 Å². The molecule has 42 valence electrons. The molecular formula is C5H10ClP. The first-order chi connectivity index (χ1) is 3.30. The molecule has 0 bridgehead atoms. The van der Waals surface area contributed by atoms with Crippen molar-refractivity contribution in [2.45, 2.75) is 24.9 Å². The smallest absolute Gasteiger partial charge is 0.00730 e. The van der Waals surface area contributed by atoms with E-state index in [0.717, 1.165) is 5.66 Å². The van der Waals surface area contributed by atoms with Crippen molar-refractivity contribution in [3.8, 4) is 0 Å². The monoisotopic (exact) mass is 136 g/mol. The van der Waals surface area contributed by atoms with Gasteiger partial charge in [-0.3, -0.25) is 0 Å². The third kappa shape index (κ3) is 1.30. The number of hydrogen-bond donors (Lipinski definition) is 0. The van der Waals surface area contributed by atoms with E-state index in [1.165, 1.54) is 19.3 Å². The van der Waals surface area contributed by atoms with E-state index in [0.29, 0.717) is 0 Å². The molecule has 0 spiro atoms. The average molecular weight is 137 g/mol. The van der Waals surface area contributed by atoms with Gasteiger partial charge in [0.25, 0.3) is 0 Å². The van der Waals surface area contributed by atoms with Gasteiger partial charge < -0.3 is 0 Å². The Labute approximate surface area is 50.8 Å². The SMILES string of the molecule is CP(Cl)C1CCC1. The van der Waals surface area contributed by atoms with Crippen molar-refractivity contribution in [1.82, 2.24) is 0 Å². The Hall–Kier alpha value is 0.720. The largest absolute Gasteiger partial charge is 0.0964 e. The molecule has 0 aromatic carbocycles. The summed E-state index contributed by atoms with van der Waals surface area (Å²) in [6.07, 6.45) is 4.21. The van der Waals surface area contributed by atoms with E-state index in [2.05, 4.69) is 6.66 Å². The summed E-state index contributed by atoms with van der Waals surface area (Å²) >= 11 is 5.84. The van der Waals surface area contributed by atoms with Crippen LogP contribution in [0.5, 0.6) is 0 Å². The van der Waals surface area contributed by atoms with Crippen LogP contribution in [0.1, 0.15) is 19.3 Å². The molecule has 0 nitrogen and oxygen atoms in total. The lowest BCUT2D eigenvalue weighted by atomic mass is 10.00. The minimum atomic E-state index is -0.103. The lowest BCUT2D eigenvalue weighted by molar-refractivity contribution is 0.518. The topological polar surface area (TPSA) is 0 Å². The van der Waals surface area contributed by atoms with E-state index in [9.17, 15) is 0 Å². The highest BCUT2D eigenvalue weighted by molar-refractivity contribution is 7.83. The van der Waals surface area contributed by atoms with Crippen LogP contribution in [0.4, 0.5) is 0 Å². The molecule has 1 aliphatic rings. The normalized spacial score (nSPS) is 26.6. The minimum absolute atomic E-state index is 0.103. The van der Waals surface area contributed by atoms with Gasteiger partial charge in [-0.25, -0.2) is 0 Å². The van der Waals surface area contributed by atoms with Gasteiger partial charge >= 0.3 is 0 Å². The quantitative estimate of drug-likeness (QED) is 0.487. The molecule has 1 rings (SSSR count). The average Bonchev–Trinajstić information content (AvgIpc) is 1.23. The maximum Gasteiger partial charge on any atom is -0.00730 e.